The molecule has 0 aliphatic carbocycles. The van der Waals surface area contributed by atoms with Crippen LogP contribution in [-0.4, -0.2) is 30.3 Å². The fraction of sp³-hybridized carbons (Fsp3) is 0.875. The maximum absolute atomic E-state index is 10.9. The summed E-state index contributed by atoms with van der Waals surface area (Å²) in [6.45, 7) is 4.63. The van der Waals surface area contributed by atoms with Crippen LogP contribution in [0.4, 0.5) is 4.79 Å². The summed E-state index contributed by atoms with van der Waals surface area (Å²) in [7, 11) is 0. The Kier molecular flexibility index (Phi) is 6.47. The summed E-state index contributed by atoms with van der Waals surface area (Å²) in [4.78, 5) is 10.9. The Balaban J connectivity index is 3.20. The first-order valence-electron chi connectivity index (χ1n) is 4.32. The zero-order valence-electron chi connectivity index (χ0n) is 7.76. The van der Waals surface area contributed by atoms with Crippen LogP contribution in [0.2, 0.25) is 0 Å². The van der Waals surface area contributed by atoms with Crippen molar-refractivity contribution in [2.24, 2.45) is 0 Å². The monoisotopic (exact) mass is 174 g/mol. The molecule has 12 heavy (non-hydrogen) atoms. The van der Waals surface area contributed by atoms with Gasteiger partial charge in [-0.25, -0.2) is 4.79 Å². The predicted molar refractivity (Wildman–Crippen MR) is 48.0 cm³/mol. The second-order valence-electron chi connectivity index (χ2n) is 2.99. The van der Waals surface area contributed by atoms with E-state index < -0.39 is 0 Å². The molecule has 0 aromatic carbocycles. The van der Waals surface area contributed by atoms with Gasteiger partial charge in [0.05, 0.1) is 0 Å². The zero-order valence-corrected chi connectivity index (χ0v) is 7.76. The molecule has 2 amide bonds. The Hall–Kier alpha value is -0.770. The second kappa shape index (κ2) is 6.91. The van der Waals surface area contributed by atoms with E-state index in [-0.39, 0.29) is 18.7 Å². The number of urea groups is 1. The lowest BCUT2D eigenvalue weighted by atomic mass is 10.3. The predicted octanol–water partition coefficient (Wildman–Crippen LogP) is 0.466. The van der Waals surface area contributed by atoms with Crippen molar-refractivity contribution >= 4 is 6.03 Å². The third-order valence-corrected chi connectivity index (χ3v) is 1.29. The van der Waals surface area contributed by atoms with Crippen LogP contribution in [0.5, 0.6) is 0 Å². The Morgan fingerprint density at radius 3 is 2.58 bits per heavy atom. The molecular formula is C8H18N2O2. The van der Waals surface area contributed by atoms with Gasteiger partial charge in [-0.2, -0.15) is 0 Å². The molecule has 0 heterocycles. The summed E-state index contributed by atoms with van der Waals surface area (Å²) in [6.07, 6.45) is 1.56. The summed E-state index contributed by atoms with van der Waals surface area (Å²) in [5, 5.41) is 13.8. The Morgan fingerprint density at radius 1 is 1.42 bits per heavy atom. The van der Waals surface area contributed by atoms with Gasteiger partial charge in [-0.15, -0.1) is 0 Å². The van der Waals surface area contributed by atoms with Crippen LogP contribution in [0.25, 0.3) is 0 Å². The number of hydrogen-bond acceptors (Lipinski definition) is 2. The van der Waals surface area contributed by atoms with Crippen LogP contribution in [-0.2, 0) is 0 Å². The number of unbranched alkanes of at least 4 members (excludes halogenated alkanes) is 1. The van der Waals surface area contributed by atoms with Crippen molar-refractivity contribution in [3.05, 3.63) is 0 Å². The number of amides is 2. The molecule has 0 rings (SSSR count). The number of rotatable bonds is 5. The highest BCUT2D eigenvalue weighted by atomic mass is 16.2. The quantitative estimate of drug-likeness (QED) is 0.530. The van der Waals surface area contributed by atoms with E-state index >= 15 is 0 Å². The first kappa shape index (κ1) is 11.2. The van der Waals surface area contributed by atoms with Gasteiger partial charge in [-0.05, 0) is 26.7 Å². The van der Waals surface area contributed by atoms with Crippen LogP contribution in [0, 0.1) is 0 Å². The smallest absolute Gasteiger partial charge is 0.314 e. The van der Waals surface area contributed by atoms with E-state index in [9.17, 15) is 4.79 Å². The topological polar surface area (TPSA) is 61.4 Å². The summed E-state index contributed by atoms with van der Waals surface area (Å²) < 4.78 is 0. The van der Waals surface area contributed by atoms with Gasteiger partial charge in [0.1, 0.15) is 0 Å². The summed E-state index contributed by atoms with van der Waals surface area (Å²) in [5.74, 6) is 0. The molecular weight excluding hydrogens is 156 g/mol. The van der Waals surface area contributed by atoms with Crippen LogP contribution < -0.4 is 10.6 Å². The molecule has 0 bridgehead atoms. The van der Waals surface area contributed by atoms with Crippen LogP contribution in [0.3, 0.4) is 0 Å². The average Bonchev–Trinajstić information content (AvgIpc) is 1.97. The lowest BCUT2D eigenvalue weighted by Gasteiger charge is -2.09. The van der Waals surface area contributed by atoms with E-state index in [4.69, 9.17) is 5.11 Å². The highest BCUT2D eigenvalue weighted by molar-refractivity contribution is 5.73. The minimum atomic E-state index is -0.136. The zero-order chi connectivity index (χ0) is 9.40. The molecule has 0 aliphatic heterocycles. The molecule has 0 fully saturated rings. The van der Waals surface area contributed by atoms with Crippen molar-refractivity contribution in [3.8, 4) is 0 Å². The van der Waals surface area contributed by atoms with Gasteiger partial charge < -0.3 is 15.7 Å². The van der Waals surface area contributed by atoms with Crippen LogP contribution >= 0.6 is 0 Å². The van der Waals surface area contributed by atoms with Gasteiger partial charge in [0, 0.05) is 19.2 Å². The summed E-state index contributed by atoms with van der Waals surface area (Å²) in [6, 6.07) is 0.0331. The minimum absolute atomic E-state index is 0.136. The van der Waals surface area contributed by atoms with Gasteiger partial charge in [0.25, 0.3) is 0 Å². The standard InChI is InChI=1S/C8H18N2O2/c1-7(2)10-8(12)9-5-3-4-6-11/h7,11H,3-6H2,1-2H3,(H2,9,10,12). The maximum Gasteiger partial charge on any atom is 0.314 e. The lowest BCUT2D eigenvalue weighted by molar-refractivity contribution is 0.237. The fourth-order valence-electron chi connectivity index (χ4n) is 0.752. The second-order valence-corrected chi connectivity index (χ2v) is 2.99. The Morgan fingerprint density at radius 2 is 2.08 bits per heavy atom. The normalized spacial score (nSPS) is 10.0. The van der Waals surface area contributed by atoms with Crippen molar-refractivity contribution in [2.45, 2.75) is 32.7 Å². The minimum Gasteiger partial charge on any atom is -0.396 e. The van der Waals surface area contributed by atoms with Crippen LogP contribution in [0.15, 0.2) is 0 Å². The van der Waals surface area contributed by atoms with E-state index in [1.165, 1.54) is 0 Å². The first-order chi connectivity index (χ1) is 5.66. The number of carbonyl (C=O) groups excluding carboxylic acids is 1. The van der Waals surface area contributed by atoms with Gasteiger partial charge in [-0.1, -0.05) is 0 Å². The third-order valence-electron chi connectivity index (χ3n) is 1.29. The molecule has 4 nitrogen and oxygen atoms in total. The van der Waals surface area contributed by atoms with Gasteiger partial charge in [0.2, 0.25) is 0 Å². The Bertz CT molecular complexity index is 126. The maximum atomic E-state index is 10.9. The van der Waals surface area contributed by atoms with E-state index in [0.717, 1.165) is 12.8 Å². The lowest BCUT2D eigenvalue weighted by Crippen LogP contribution is -2.39. The van der Waals surface area contributed by atoms with Gasteiger partial charge in [0.15, 0.2) is 0 Å². The number of nitrogens with one attached hydrogen (secondary N) is 2. The van der Waals surface area contributed by atoms with E-state index in [2.05, 4.69) is 10.6 Å². The summed E-state index contributed by atoms with van der Waals surface area (Å²) >= 11 is 0. The molecule has 0 radical (unpaired) electrons. The van der Waals surface area contributed by atoms with E-state index in [0.29, 0.717) is 6.54 Å². The number of aliphatic hydroxyl groups excluding tert-OH is 1. The van der Waals surface area contributed by atoms with E-state index in [1.807, 2.05) is 13.8 Å². The molecule has 0 saturated carbocycles. The molecule has 72 valence electrons. The first-order valence-corrected chi connectivity index (χ1v) is 4.32. The Labute approximate surface area is 73.3 Å². The molecule has 0 spiro atoms. The van der Waals surface area contributed by atoms with Crippen molar-refractivity contribution in [3.63, 3.8) is 0 Å². The molecule has 4 heteroatoms. The largest absolute Gasteiger partial charge is 0.396 e. The van der Waals surface area contributed by atoms with Crippen molar-refractivity contribution < 1.29 is 9.90 Å². The number of aliphatic hydroxyl groups is 1. The molecule has 0 unspecified atom stereocenters. The highest BCUT2D eigenvalue weighted by Crippen LogP contribution is 1.83. The average molecular weight is 174 g/mol. The molecule has 0 aromatic heterocycles. The molecule has 0 atom stereocenters. The number of hydrogen-bond donors (Lipinski definition) is 3. The molecule has 3 N–H and O–H groups in total. The third kappa shape index (κ3) is 7.34. The van der Waals surface area contributed by atoms with E-state index in [1.54, 1.807) is 0 Å². The fourth-order valence-corrected chi connectivity index (χ4v) is 0.752. The molecule has 0 aliphatic rings. The SMILES string of the molecule is CC(C)NC(=O)NCCCCO. The summed E-state index contributed by atoms with van der Waals surface area (Å²) in [5.41, 5.74) is 0. The number of carbonyl (C=O) groups is 1. The van der Waals surface area contributed by atoms with Crippen molar-refractivity contribution in [1.29, 1.82) is 0 Å². The van der Waals surface area contributed by atoms with Crippen LogP contribution in [0.1, 0.15) is 26.7 Å². The van der Waals surface area contributed by atoms with Gasteiger partial charge in [-0.3, -0.25) is 0 Å². The highest BCUT2D eigenvalue weighted by Gasteiger charge is 1.99. The molecule has 0 saturated heterocycles. The van der Waals surface area contributed by atoms with Crippen molar-refractivity contribution in [2.75, 3.05) is 13.2 Å². The van der Waals surface area contributed by atoms with Crippen molar-refractivity contribution in [1.82, 2.24) is 10.6 Å². The van der Waals surface area contributed by atoms with Gasteiger partial charge >= 0.3 is 6.03 Å². The molecule has 0 aromatic rings.